The quantitative estimate of drug-likeness (QED) is 0.452. The Kier molecular flexibility index (Phi) is 6.34. The highest BCUT2D eigenvalue weighted by atomic mass is 79.9. The van der Waals surface area contributed by atoms with Crippen LogP contribution in [-0.2, 0) is 6.54 Å². The molecule has 0 aliphatic carbocycles. The Bertz CT molecular complexity index is 803. The number of hydrogen-bond donors (Lipinski definition) is 3. The molecule has 1 aromatic heterocycles. The van der Waals surface area contributed by atoms with Gasteiger partial charge in [0.2, 0.25) is 0 Å². The number of nitrogens with two attached hydrogens (primary N) is 1. The van der Waals surface area contributed by atoms with Gasteiger partial charge in [-0.2, -0.15) is 0 Å². The van der Waals surface area contributed by atoms with Crippen LogP contribution in [-0.4, -0.2) is 16.1 Å². The molecule has 4 N–H and O–H groups in total. The summed E-state index contributed by atoms with van der Waals surface area (Å²) in [5, 5.41) is 14.9. The zero-order valence-electron chi connectivity index (χ0n) is 12.7. The number of aromatic nitrogens is 1. The van der Waals surface area contributed by atoms with Crippen molar-refractivity contribution in [3.63, 3.8) is 0 Å². The van der Waals surface area contributed by atoms with Crippen molar-refractivity contribution in [1.82, 2.24) is 4.98 Å². The summed E-state index contributed by atoms with van der Waals surface area (Å²) in [7, 11) is 0. The van der Waals surface area contributed by atoms with Gasteiger partial charge in [-0.05, 0) is 29.8 Å². The summed E-state index contributed by atoms with van der Waals surface area (Å²) in [5.41, 5.74) is 8.76. The van der Waals surface area contributed by atoms with E-state index in [0.717, 1.165) is 16.8 Å². The average molecular weight is 405 g/mol. The molecule has 0 radical (unpaired) electrons. The van der Waals surface area contributed by atoms with Gasteiger partial charge in [0, 0.05) is 10.9 Å². The first-order chi connectivity index (χ1) is 11.2. The van der Waals surface area contributed by atoms with Crippen LogP contribution in [0.3, 0.4) is 0 Å². The molecule has 3 rings (SSSR count). The summed E-state index contributed by atoms with van der Waals surface area (Å²) in [5.74, 6) is 0.570. The second kappa shape index (κ2) is 8.47. The first-order valence-corrected chi connectivity index (χ1v) is 7.94. The third-order valence-corrected chi connectivity index (χ3v) is 3.93. The second-order valence-electron chi connectivity index (χ2n) is 4.90. The van der Waals surface area contributed by atoms with Gasteiger partial charge in [0.05, 0.1) is 12.2 Å². The predicted octanol–water partition coefficient (Wildman–Crippen LogP) is 4.02. The third-order valence-electron chi connectivity index (χ3n) is 3.18. The molecule has 0 saturated heterocycles. The van der Waals surface area contributed by atoms with Gasteiger partial charge in [0.15, 0.2) is 11.1 Å². The number of rotatable bonds is 4. The van der Waals surface area contributed by atoms with E-state index in [1.807, 2.05) is 47.8 Å². The van der Waals surface area contributed by atoms with E-state index in [2.05, 4.69) is 15.3 Å². The molecule has 0 unspecified atom stereocenters. The Labute approximate surface area is 154 Å². The van der Waals surface area contributed by atoms with Gasteiger partial charge in [-0.3, -0.25) is 0 Å². The Balaban J connectivity index is 0.00000208. The number of guanidine groups is 1. The van der Waals surface area contributed by atoms with Crippen LogP contribution in [0.15, 0.2) is 65.0 Å². The number of nitrogens with zero attached hydrogens (tertiary/aromatic N) is 2. The molecule has 0 aliphatic heterocycles. The highest BCUT2D eigenvalue weighted by Gasteiger charge is 2.05. The molecule has 0 atom stereocenters. The molecule has 1 heterocycles. The lowest BCUT2D eigenvalue weighted by Gasteiger charge is -2.02. The zero-order chi connectivity index (χ0) is 16.1. The number of aliphatic imine (C=N–C) groups is 1. The minimum Gasteiger partial charge on any atom is -0.508 e. The summed E-state index contributed by atoms with van der Waals surface area (Å²) in [6.45, 7) is 0.524. The summed E-state index contributed by atoms with van der Waals surface area (Å²) >= 11 is 1.45. The first-order valence-electron chi connectivity index (χ1n) is 7.06. The number of benzene rings is 2. The van der Waals surface area contributed by atoms with Crippen LogP contribution in [0.1, 0.15) is 5.56 Å². The van der Waals surface area contributed by atoms with Crippen molar-refractivity contribution in [1.29, 1.82) is 0 Å². The smallest absolute Gasteiger partial charge is 0.195 e. The number of phenolic OH excluding ortho intramolecular Hbond substituents is 1. The van der Waals surface area contributed by atoms with E-state index >= 15 is 0 Å². The minimum atomic E-state index is 0. The number of aromatic hydroxyl groups is 1. The Morgan fingerprint density at radius 3 is 2.54 bits per heavy atom. The van der Waals surface area contributed by atoms with Crippen LogP contribution in [0.4, 0.5) is 5.13 Å². The van der Waals surface area contributed by atoms with Gasteiger partial charge in [-0.25, -0.2) is 9.98 Å². The first kappa shape index (κ1) is 18.0. The Morgan fingerprint density at radius 2 is 1.83 bits per heavy atom. The molecule has 124 valence electrons. The van der Waals surface area contributed by atoms with Crippen LogP contribution in [0.5, 0.6) is 5.75 Å². The van der Waals surface area contributed by atoms with E-state index in [4.69, 9.17) is 5.73 Å². The van der Waals surface area contributed by atoms with Crippen LogP contribution >= 0.6 is 28.3 Å². The fraction of sp³-hybridized carbons (Fsp3) is 0.0588. The predicted molar refractivity (Wildman–Crippen MR) is 105 cm³/mol. The maximum absolute atomic E-state index is 9.32. The van der Waals surface area contributed by atoms with Crippen molar-refractivity contribution < 1.29 is 5.11 Å². The van der Waals surface area contributed by atoms with Crippen molar-refractivity contribution in [2.75, 3.05) is 5.32 Å². The number of hydrogen-bond acceptors (Lipinski definition) is 4. The molecule has 0 saturated carbocycles. The zero-order valence-corrected chi connectivity index (χ0v) is 15.2. The number of anilines is 1. The summed E-state index contributed by atoms with van der Waals surface area (Å²) in [6.07, 6.45) is 0. The summed E-state index contributed by atoms with van der Waals surface area (Å²) in [6, 6.07) is 16.8. The van der Waals surface area contributed by atoms with E-state index in [1.165, 1.54) is 11.3 Å². The van der Waals surface area contributed by atoms with E-state index in [-0.39, 0.29) is 22.7 Å². The molecule has 3 aromatic rings. The SMILES string of the molecule is Br.NC(=NCc1ccccc1)Nc1nc(-c2ccc(O)cc2)cs1. The van der Waals surface area contributed by atoms with Crippen molar-refractivity contribution in [3.8, 4) is 17.0 Å². The van der Waals surface area contributed by atoms with Crippen molar-refractivity contribution >= 4 is 39.4 Å². The van der Waals surface area contributed by atoms with Crippen molar-refractivity contribution in [2.24, 2.45) is 10.7 Å². The van der Waals surface area contributed by atoms with Crippen LogP contribution in [0, 0.1) is 0 Å². The topological polar surface area (TPSA) is 83.5 Å². The van der Waals surface area contributed by atoms with E-state index in [0.29, 0.717) is 17.6 Å². The molecular weight excluding hydrogens is 388 g/mol. The highest BCUT2D eigenvalue weighted by molar-refractivity contribution is 8.93. The monoisotopic (exact) mass is 404 g/mol. The molecule has 0 amide bonds. The Hall–Kier alpha value is -2.38. The molecule has 0 bridgehead atoms. The average Bonchev–Trinajstić information content (AvgIpc) is 3.03. The lowest BCUT2D eigenvalue weighted by Crippen LogP contribution is -2.22. The van der Waals surface area contributed by atoms with Crippen molar-refractivity contribution in [2.45, 2.75) is 6.54 Å². The van der Waals surface area contributed by atoms with Gasteiger partial charge in [-0.1, -0.05) is 30.3 Å². The summed E-state index contributed by atoms with van der Waals surface area (Å²) in [4.78, 5) is 8.77. The number of thiazole rings is 1. The maximum atomic E-state index is 9.32. The van der Waals surface area contributed by atoms with Crippen LogP contribution in [0.2, 0.25) is 0 Å². The number of nitrogens with one attached hydrogen (secondary N) is 1. The van der Waals surface area contributed by atoms with Crippen molar-refractivity contribution in [3.05, 3.63) is 65.5 Å². The second-order valence-corrected chi connectivity index (χ2v) is 5.75. The molecule has 0 aliphatic rings. The largest absolute Gasteiger partial charge is 0.508 e. The molecule has 7 heteroatoms. The Morgan fingerprint density at radius 1 is 1.12 bits per heavy atom. The fourth-order valence-corrected chi connectivity index (χ4v) is 2.73. The number of phenols is 1. The van der Waals surface area contributed by atoms with E-state index in [9.17, 15) is 5.11 Å². The lowest BCUT2D eigenvalue weighted by molar-refractivity contribution is 0.475. The van der Waals surface area contributed by atoms with Gasteiger partial charge in [0.1, 0.15) is 5.75 Å². The third kappa shape index (κ3) is 4.81. The molecule has 0 spiro atoms. The van der Waals surface area contributed by atoms with E-state index in [1.54, 1.807) is 12.1 Å². The summed E-state index contributed by atoms with van der Waals surface area (Å²) < 4.78 is 0. The molecule has 2 aromatic carbocycles. The highest BCUT2D eigenvalue weighted by Crippen LogP contribution is 2.26. The standard InChI is InChI=1S/C17H16N4OS.BrH/c18-16(19-10-12-4-2-1-3-5-12)21-17-20-15(11-23-17)13-6-8-14(22)9-7-13;/h1-9,11,22H,10H2,(H3,18,19,20,21);1H. The van der Waals surface area contributed by atoms with Crippen LogP contribution < -0.4 is 11.1 Å². The maximum Gasteiger partial charge on any atom is 0.195 e. The molecule has 5 nitrogen and oxygen atoms in total. The number of halogens is 1. The van der Waals surface area contributed by atoms with Gasteiger partial charge < -0.3 is 16.2 Å². The van der Waals surface area contributed by atoms with Gasteiger partial charge in [-0.15, -0.1) is 28.3 Å². The lowest BCUT2D eigenvalue weighted by atomic mass is 10.2. The van der Waals surface area contributed by atoms with Gasteiger partial charge >= 0.3 is 0 Å². The molecule has 0 fully saturated rings. The van der Waals surface area contributed by atoms with Crippen LogP contribution in [0.25, 0.3) is 11.3 Å². The molecule has 24 heavy (non-hydrogen) atoms. The van der Waals surface area contributed by atoms with E-state index < -0.39 is 0 Å². The molecular formula is C17H17BrN4OS. The normalized spacial score (nSPS) is 10.9. The van der Waals surface area contributed by atoms with Gasteiger partial charge in [0.25, 0.3) is 0 Å². The fourth-order valence-electron chi connectivity index (χ4n) is 2.00. The minimum absolute atomic E-state index is 0.